The summed E-state index contributed by atoms with van der Waals surface area (Å²) in [4.78, 5) is 31.9. The van der Waals surface area contributed by atoms with E-state index in [1.807, 2.05) is 4.90 Å². The molecule has 0 spiro atoms. The third kappa shape index (κ3) is 4.20. The number of carbonyl (C=O) groups excluding carboxylic acids is 1. The zero-order chi connectivity index (χ0) is 21.1. The normalized spacial score (nSPS) is 14.6. The van der Waals surface area contributed by atoms with E-state index >= 15 is 0 Å². The van der Waals surface area contributed by atoms with Crippen LogP contribution in [0.4, 0.5) is 21.5 Å². The molecule has 1 aliphatic heterocycles. The van der Waals surface area contributed by atoms with Gasteiger partial charge in [-0.05, 0) is 42.5 Å². The Bertz CT molecular complexity index is 1080. The highest BCUT2D eigenvalue weighted by molar-refractivity contribution is 6.05. The lowest BCUT2D eigenvalue weighted by atomic mass is 10.1. The van der Waals surface area contributed by atoms with E-state index in [0.717, 1.165) is 5.69 Å². The number of carbonyl (C=O) groups is 1. The number of hydrogen-bond acceptors (Lipinski definition) is 6. The number of hydrogen-bond donors (Lipinski definition) is 1. The number of nitrogens with one attached hydrogen (secondary N) is 1. The van der Waals surface area contributed by atoms with Gasteiger partial charge in [0.15, 0.2) is 0 Å². The van der Waals surface area contributed by atoms with Crippen molar-refractivity contribution in [1.29, 1.82) is 0 Å². The summed E-state index contributed by atoms with van der Waals surface area (Å²) in [7, 11) is 0. The number of nitro benzene ring substituents is 1. The average molecular weight is 409 g/mol. The Kier molecular flexibility index (Phi) is 5.53. The number of piperazine rings is 1. The first-order valence-electron chi connectivity index (χ1n) is 9.56. The van der Waals surface area contributed by atoms with Gasteiger partial charge >= 0.3 is 0 Å². The number of pyridine rings is 1. The van der Waals surface area contributed by atoms with E-state index in [1.54, 1.807) is 36.5 Å². The van der Waals surface area contributed by atoms with Crippen LogP contribution in [0.15, 0.2) is 54.7 Å². The fraction of sp³-hybridized carbons (Fsp3) is 0.238. The van der Waals surface area contributed by atoms with Gasteiger partial charge in [0.2, 0.25) is 5.91 Å². The Labute approximate surface area is 172 Å². The molecule has 1 aromatic heterocycles. The second-order valence-corrected chi connectivity index (χ2v) is 7.07. The fourth-order valence-corrected chi connectivity index (χ4v) is 3.62. The summed E-state index contributed by atoms with van der Waals surface area (Å²) in [5.41, 5.74) is 1.52. The lowest BCUT2D eigenvalue weighted by Crippen LogP contribution is -2.48. The molecular weight excluding hydrogens is 389 g/mol. The number of nitrogens with zero attached hydrogens (tertiary/aromatic N) is 4. The lowest BCUT2D eigenvalue weighted by molar-refractivity contribution is -0.383. The lowest BCUT2D eigenvalue weighted by Gasteiger charge is -2.35. The summed E-state index contributed by atoms with van der Waals surface area (Å²) in [6, 6.07) is 12.6. The van der Waals surface area contributed by atoms with Crippen molar-refractivity contribution >= 4 is 33.9 Å². The molecular formula is C21H20FN5O3. The van der Waals surface area contributed by atoms with Crippen molar-refractivity contribution in [3.63, 3.8) is 0 Å². The summed E-state index contributed by atoms with van der Waals surface area (Å²) >= 11 is 0. The third-order valence-corrected chi connectivity index (χ3v) is 5.16. The number of aromatic nitrogens is 1. The van der Waals surface area contributed by atoms with Crippen molar-refractivity contribution < 1.29 is 14.1 Å². The molecule has 1 amide bonds. The van der Waals surface area contributed by atoms with Gasteiger partial charge in [0, 0.05) is 49.5 Å². The molecule has 3 aromatic rings. The first kappa shape index (κ1) is 19.7. The summed E-state index contributed by atoms with van der Waals surface area (Å²) in [5, 5.41) is 14.7. The molecule has 154 valence electrons. The molecule has 0 saturated carbocycles. The molecule has 0 unspecified atom stereocenters. The van der Waals surface area contributed by atoms with Gasteiger partial charge in [-0.2, -0.15) is 0 Å². The number of nitro groups is 1. The molecule has 2 aromatic carbocycles. The van der Waals surface area contributed by atoms with Gasteiger partial charge in [0.1, 0.15) is 11.5 Å². The van der Waals surface area contributed by atoms with Crippen LogP contribution in [-0.4, -0.2) is 53.4 Å². The first-order valence-corrected chi connectivity index (χ1v) is 9.56. The minimum Gasteiger partial charge on any atom is -0.369 e. The highest BCUT2D eigenvalue weighted by atomic mass is 19.1. The molecule has 1 saturated heterocycles. The number of fused-ring (bicyclic) bond motifs is 1. The molecule has 1 aliphatic rings. The molecule has 2 heterocycles. The fourth-order valence-electron chi connectivity index (χ4n) is 3.62. The molecule has 0 radical (unpaired) electrons. The van der Waals surface area contributed by atoms with Gasteiger partial charge in [-0.25, -0.2) is 4.39 Å². The molecule has 9 heteroatoms. The minimum atomic E-state index is -0.510. The Hall–Kier alpha value is -3.59. The SMILES string of the molecule is O=C(CN1CCN(c2ccc(F)cc2)CC1)Nc1c([N+](=O)[O-])ccc2ncccc12. The van der Waals surface area contributed by atoms with E-state index in [2.05, 4.69) is 15.2 Å². The number of amides is 1. The van der Waals surface area contributed by atoms with E-state index in [4.69, 9.17) is 0 Å². The number of rotatable bonds is 5. The van der Waals surface area contributed by atoms with Crippen LogP contribution >= 0.6 is 0 Å². The van der Waals surface area contributed by atoms with Crippen molar-refractivity contribution in [2.24, 2.45) is 0 Å². The Morgan fingerprint density at radius 1 is 1.10 bits per heavy atom. The van der Waals surface area contributed by atoms with Gasteiger partial charge in [0.25, 0.3) is 5.69 Å². The maximum Gasteiger partial charge on any atom is 0.293 e. The summed E-state index contributed by atoms with van der Waals surface area (Å²) in [6.45, 7) is 2.85. The molecule has 0 aliphatic carbocycles. The van der Waals surface area contributed by atoms with Crippen LogP contribution in [-0.2, 0) is 4.79 Å². The van der Waals surface area contributed by atoms with Crippen molar-refractivity contribution in [3.05, 3.63) is 70.7 Å². The second kappa shape index (κ2) is 8.42. The van der Waals surface area contributed by atoms with E-state index in [1.165, 1.54) is 18.2 Å². The quantitative estimate of drug-likeness (QED) is 0.514. The number of halogens is 1. The van der Waals surface area contributed by atoms with Crippen molar-refractivity contribution in [3.8, 4) is 0 Å². The van der Waals surface area contributed by atoms with Crippen LogP contribution in [0.1, 0.15) is 0 Å². The standard InChI is InChI=1S/C21H20FN5O3/c22-15-3-5-16(6-4-15)26-12-10-25(11-13-26)14-20(28)24-21-17-2-1-9-23-18(17)7-8-19(21)27(29)30/h1-9H,10-14H2,(H,24,28). The van der Waals surface area contributed by atoms with Crippen molar-refractivity contribution in [2.75, 3.05) is 42.9 Å². The van der Waals surface area contributed by atoms with Crippen LogP contribution in [0.3, 0.4) is 0 Å². The van der Waals surface area contributed by atoms with Gasteiger partial charge in [-0.15, -0.1) is 0 Å². The molecule has 1 fully saturated rings. The maximum atomic E-state index is 13.1. The van der Waals surface area contributed by atoms with E-state index in [-0.39, 0.29) is 29.6 Å². The first-order chi connectivity index (χ1) is 14.5. The number of anilines is 2. The smallest absolute Gasteiger partial charge is 0.293 e. The predicted molar refractivity (Wildman–Crippen MR) is 112 cm³/mol. The summed E-state index contributed by atoms with van der Waals surface area (Å²) < 4.78 is 13.1. The maximum absolute atomic E-state index is 13.1. The highest BCUT2D eigenvalue weighted by Crippen LogP contribution is 2.32. The Morgan fingerprint density at radius 2 is 1.83 bits per heavy atom. The topological polar surface area (TPSA) is 91.6 Å². The molecule has 0 bridgehead atoms. The predicted octanol–water partition coefficient (Wildman–Crippen LogP) is 3.04. The van der Waals surface area contributed by atoms with Crippen LogP contribution in [0.5, 0.6) is 0 Å². The van der Waals surface area contributed by atoms with Crippen LogP contribution in [0.25, 0.3) is 10.9 Å². The molecule has 30 heavy (non-hydrogen) atoms. The Morgan fingerprint density at radius 3 is 2.53 bits per heavy atom. The minimum absolute atomic E-state index is 0.130. The van der Waals surface area contributed by atoms with Gasteiger partial charge in [-0.1, -0.05) is 0 Å². The van der Waals surface area contributed by atoms with Crippen molar-refractivity contribution in [2.45, 2.75) is 0 Å². The van der Waals surface area contributed by atoms with Gasteiger partial charge < -0.3 is 10.2 Å². The average Bonchev–Trinajstić information content (AvgIpc) is 2.75. The summed E-state index contributed by atoms with van der Waals surface area (Å²) in [5.74, 6) is -0.587. The van der Waals surface area contributed by atoms with Gasteiger partial charge in [0.05, 0.1) is 17.0 Å². The van der Waals surface area contributed by atoms with Crippen LogP contribution < -0.4 is 10.2 Å². The molecule has 8 nitrogen and oxygen atoms in total. The van der Waals surface area contributed by atoms with E-state index in [9.17, 15) is 19.3 Å². The van der Waals surface area contributed by atoms with E-state index in [0.29, 0.717) is 37.1 Å². The largest absolute Gasteiger partial charge is 0.369 e. The summed E-state index contributed by atoms with van der Waals surface area (Å²) in [6.07, 6.45) is 1.60. The molecule has 0 atom stereocenters. The second-order valence-electron chi connectivity index (χ2n) is 7.07. The van der Waals surface area contributed by atoms with Gasteiger partial charge in [-0.3, -0.25) is 24.8 Å². The zero-order valence-corrected chi connectivity index (χ0v) is 16.1. The van der Waals surface area contributed by atoms with Crippen molar-refractivity contribution in [1.82, 2.24) is 9.88 Å². The molecule has 4 rings (SSSR count). The molecule has 1 N–H and O–H groups in total. The zero-order valence-electron chi connectivity index (χ0n) is 16.1. The monoisotopic (exact) mass is 409 g/mol. The van der Waals surface area contributed by atoms with Crippen LogP contribution in [0, 0.1) is 15.9 Å². The number of benzene rings is 2. The Balaban J connectivity index is 1.42. The van der Waals surface area contributed by atoms with E-state index < -0.39 is 4.92 Å². The third-order valence-electron chi connectivity index (χ3n) is 5.16. The highest BCUT2D eigenvalue weighted by Gasteiger charge is 2.23. The van der Waals surface area contributed by atoms with Crippen LogP contribution in [0.2, 0.25) is 0 Å².